The highest BCUT2D eigenvalue weighted by Gasteiger charge is 2.24. The molecule has 1 amide bonds. The van der Waals surface area contributed by atoms with E-state index < -0.39 is 0 Å². The van der Waals surface area contributed by atoms with Crippen molar-refractivity contribution in [2.24, 2.45) is 5.92 Å². The summed E-state index contributed by atoms with van der Waals surface area (Å²) in [5.74, 6) is 0.749. The van der Waals surface area contributed by atoms with Crippen LogP contribution in [-0.2, 0) is 4.79 Å². The Morgan fingerprint density at radius 2 is 2.33 bits per heavy atom. The van der Waals surface area contributed by atoms with Gasteiger partial charge in [-0.3, -0.25) is 4.79 Å². The zero-order valence-electron chi connectivity index (χ0n) is 9.78. The molecule has 1 aliphatic rings. The number of amides is 1. The van der Waals surface area contributed by atoms with Crippen LogP contribution < -0.4 is 0 Å². The summed E-state index contributed by atoms with van der Waals surface area (Å²) in [7, 11) is 0. The second kappa shape index (κ2) is 6.08. The van der Waals surface area contributed by atoms with Crippen LogP contribution in [0, 0.1) is 5.92 Å². The van der Waals surface area contributed by atoms with Crippen LogP contribution in [0.1, 0.15) is 20.3 Å². The van der Waals surface area contributed by atoms with Crippen LogP contribution in [0.4, 0.5) is 0 Å². The Bertz CT molecular complexity index is 209. The van der Waals surface area contributed by atoms with E-state index in [0.717, 1.165) is 39.1 Å². The number of likely N-dealkylation sites (tertiary alicyclic amines) is 1. The maximum atomic E-state index is 11.2. The lowest BCUT2D eigenvalue weighted by Gasteiger charge is -2.23. The van der Waals surface area contributed by atoms with E-state index in [1.807, 2.05) is 11.8 Å². The molecule has 0 radical (unpaired) electrons. The van der Waals surface area contributed by atoms with Crippen LogP contribution in [-0.4, -0.2) is 60.1 Å². The van der Waals surface area contributed by atoms with Gasteiger partial charge in [0.15, 0.2) is 0 Å². The number of nitrogens with zero attached hydrogens (tertiary/aromatic N) is 2. The highest BCUT2D eigenvalue weighted by Crippen LogP contribution is 2.16. The lowest BCUT2D eigenvalue weighted by molar-refractivity contribution is -0.129. The molecule has 0 unspecified atom stereocenters. The third kappa shape index (κ3) is 3.80. The lowest BCUT2D eigenvalue weighted by Crippen LogP contribution is -2.34. The summed E-state index contributed by atoms with van der Waals surface area (Å²) in [6.07, 6.45) is 1.14. The number of carbonyl (C=O) groups is 1. The molecular weight excluding hydrogens is 192 g/mol. The fraction of sp³-hybridized carbons (Fsp3) is 0.909. The maximum Gasteiger partial charge on any atom is 0.219 e. The highest BCUT2D eigenvalue weighted by atomic mass is 16.3. The fourth-order valence-electron chi connectivity index (χ4n) is 2.20. The molecule has 1 heterocycles. The Morgan fingerprint density at radius 1 is 1.60 bits per heavy atom. The van der Waals surface area contributed by atoms with Gasteiger partial charge in [-0.15, -0.1) is 0 Å². The second-order valence-corrected chi connectivity index (χ2v) is 4.24. The molecule has 0 saturated carbocycles. The SMILES string of the molecule is CCN(C[C@H]1CCN(CCO)C1)C(C)=O. The van der Waals surface area contributed by atoms with E-state index in [2.05, 4.69) is 4.90 Å². The number of β-amino-alcohol motifs (C(OH)–C–C–N with tert-alkyl or cyclic N) is 1. The van der Waals surface area contributed by atoms with Gasteiger partial charge in [0.05, 0.1) is 6.61 Å². The molecular formula is C11H22N2O2. The standard InChI is InChI=1S/C11H22N2O2/c1-3-13(10(2)15)9-11-4-5-12(8-11)6-7-14/h11,14H,3-9H2,1-2H3/t11-/m0/s1. The van der Waals surface area contributed by atoms with Gasteiger partial charge in [0.2, 0.25) is 5.91 Å². The minimum atomic E-state index is 0.165. The zero-order valence-corrected chi connectivity index (χ0v) is 9.78. The van der Waals surface area contributed by atoms with Gasteiger partial charge in [0.25, 0.3) is 0 Å². The van der Waals surface area contributed by atoms with E-state index in [9.17, 15) is 4.79 Å². The molecule has 15 heavy (non-hydrogen) atoms. The first-order valence-corrected chi connectivity index (χ1v) is 5.76. The molecule has 0 aromatic carbocycles. The second-order valence-electron chi connectivity index (χ2n) is 4.24. The molecule has 1 aliphatic heterocycles. The average molecular weight is 214 g/mol. The normalized spacial score (nSPS) is 21.9. The third-order valence-corrected chi connectivity index (χ3v) is 3.09. The van der Waals surface area contributed by atoms with Crippen molar-refractivity contribution >= 4 is 5.91 Å². The molecule has 1 atom stereocenters. The molecule has 0 spiro atoms. The van der Waals surface area contributed by atoms with Crippen molar-refractivity contribution in [2.45, 2.75) is 20.3 Å². The number of hydrogen-bond acceptors (Lipinski definition) is 3. The van der Waals surface area contributed by atoms with Crippen LogP contribution in [0.25, 0.3) is 0 Å². The van der Waals surface area contributed by atoms with E-state index in [0.29, 0.717) is 5.92 Å². The summed E-state index contributed by atoms with van der Waals surface area (Å²) in [6.45, 7) is 8.38. The van der Waals surface area contributed by atoms with Gasteiger partial charge in [0, 0.05) is 33.1 Å². The molecule has 4 nitrogen and oxygen atoms in total. The van der Waals surface area contributed by atoms with Crippen LogP contribution in [0.2, 0.25) is 0 Å². The van der Waals surface area contributed by atoms with Crippen molar-refractivity contribution in [3.8, 4) is 0 Å². The molecule has 88 valence electrons. The quantitative estimate of drug-likeness (QED) is 0.709. The Morgan fingerprint density at radius 3 is 2.87 bits per heavy atom. The Hall–Kier alpha value is -0.610. The van der Waals surface area contributed by atoms with Gasteiger partial charge in [0.1, 0.15) is 0 Å². The number of carbonyl (C=O) groups excluding carboxylic acids is 1. The first-order chi connectivity index (χ1) is 7.17. The predicted molar refractivity (Wildman–Crippen MR) is 59.6 cm³/mol. The van der Waals surface area contributed by atoms with Gasteiger partial charge in [-0.25, -0.2) is 0 Å². The number of hydrogen-bond donors (Lipinski definition) is 1. The monoisotopic (exact) mass is 214 g/mol. The van der Waals surface area contributed by atoms with Gasteiger partial charge >= 0.3 is 0 Å². The van der Waals surface area contributed by atoms with Crippen molar-refractivity contribution in [2.75, 3.05) is 39.3 Å². The van der Waals surface area contributed by atoms with Crippen LogP contribution in [0.15, 0.2) is 0 Å². The number of aliphatic hydroxyl groups is 1. The Balaban J connectivity index is 2.31. The van der Waals surface area contributed by atoms with Crippen LogP contribution in [0.3, 0.4) is 0 Å². The first kappa shape index (κ1) is 12.5. The van der Waals surface area contributed by atoms with Gasteiger partial charge in [-0.1, -0.05) is 0 Å². The average Bonchev–Trinajstić information content (AvgIpc) is 2.62. The maximum absolute atomic E-state index is 11.2. The molecule has 1 rings (SSSR count). The first-order valence-electron chi connectivity index (χ1n) is 5.76. The largest absolute Gasteiger partial charge is 0.395 e. The minimum Gasteiger partial charge on any atom is -0.395 e. The van der Waals surface area contributed by atoms with Crippen molar-refractivity contribution in [1.29, 1.82) is 0 Å². The fourth-order valence-corrected chi connectivity index (χ4v) is 2.20. The molecule has 0 aromatic heterocycles. The summed E-state index contributed by atoms with van der Waals surface area (Å²) >= 11 is 0. The van der Waals surface area contributed by atoms with Crippen LogP contribution >= 0.6 is 0 Å². The molecule has 0 bridgehead atoms. The van der Waals surface area contributed by atoms with Gasteiger partial charge in [-0.05, 0) is 25.8 Å². The summed E-state index contributed by atoms with van der Waals surface area (Å²) in [5.41, 5.74) is 0. The van der Waals surface area contributed by atoms with Crippen molar-refractivity contribution in [1.82, 2.24) is 9.80 Å². The van der Waals surface area contributed by atoms with Crippen molar-refractivity contribution in [3.63, 3.8) is 0 Å². The van der Waals surface area contributed by atoms with Crippen molar-refractivity contribution < 1.29 is 9.90 Å². The van der Waals surface area contributed by atoms with Gasteiger partial charge in [-0.2, -0.15) is 0 Å². The number of rotatable bonds is 5. The summed E-state index contributed by atoms with van der Waals surface area (Å²) in [4.78, 5) is 15.4. The third-order valence-electron chi connectivity index (χ3n) is 3.09. The summed E-state index contributed by atoms with van der Waals surface area (Å²) < 4.78 is 0. The summed E-state index contributed by atoms with van der Waals surface area (Å²) in [5, 5.41) is 8.82. The molecule has 1 saturated heterocycles. The van der Waals surface area contributed by atoms with E-state index in [1.54, 1.807) is 6.92 Å². The predicted octanol–water partition coefficient (Wildman–Crippen LogP) is 0.169. The highest BCUT2D eigenvalue weighted by molar-refractivity contribution is 5.73. The van der Waals surface area contributed by atoms with E-state index >= 15 is 0 Å². The Labute approximate surface area is 91.9 Å². The van der Waals surface area contributed by atoms with E-state index in [1.165, 1.54) is 0 Å². The number of aliphatic hydroxyl groups excluding tert-OH is 1. The molecule has 0 aliphatic carbocycles. The topological polar surface area (TPSA) is 43.8 Å². The lowest BCUT2D eigenvalue weighted by atomic mass is 10.1. The summed E-state index contributed by atoms with van der Waals surface area (Å²) in [6, 6.07) is 0. The van der Waals surface area contributed by atoms with E-state index in [-0.39, 0.29) is 12.5 Å². The molecule has 1 N–H and O–H groups in total. The smallest absolute Gasteiger partial charge is 0.219 e. The molecule has 0 aromatic rings. The zero-order chi connectivity index (χ0) is 11.3. The molecule has 4 heteroatoms. The van der Waals surface area contributed by atoms with E-state index in [4.69, 9.17) is 5.11 Å². The van der Waals surface area contributed by atoms with Gasteiger partial charge < -0.3 is 14.9 Å². The van der Waals surface area contributed by atoms with Crippen molar-refractivity contribution in [3.05, 3.63) is 0 Å². The molecule has 1 fully saturated rings. The van der Waals surface area contributed by atoms with Crippen LogP contribution in [0.5, 0.6) is 0 Å². The minimum absolute atomic E-state index is 0.165. The Kier molecular flexibility index (Phi) is 5.05.